The fourth-order valence-electron chi connectivity index (χ4n) is 6.01. The maximum absolute atomic E-state index is 5.59. The molecule has 2 nitrogen and oxygen atoms in total. The van der Waals surface area contributed by atoms with Crippen LogP contribution in [0.1, 0.15) is 98.2 Å². The third-order valence-electron chi connectivity index (χ3n) is 7.31. The molecule has 0 amide bonds. The monoisotopic (exact) mass is 337 g/mol. The van der Waals surface area contributed by atoms with Gasteiger partial charge < -0.3 is 4.74 Å². The molecule has 0 bridgehead atoms. The van der Waals surface area contributed by atoms with Crippen LogP contribution in [0.15, 0.2) is 5.57 Å². The second kappa shape index (κ2) is 6.54. The van der Waals surface area contributed by atoms with Gasteiger partial charge in [-0.15, -0.1) is 0 Å². The molecule has 2 heteroatoms. The zero-order valence-electron chi connectivity index (χ0n) is 15.7. The topological polar surface area (TPSA) is 22.1 Å². The predicted molar refractivity (Wildman–Crippen MR) is 102 cm³/mol. The molecule has 0 aliphatic heterocycles. The Balaban J connectivity index is 1.56. The standard InChI is InChI=1S/C23H31NO/c1-25-17-12-9-16(10-13-17)23-20-8-4-7-19(20)22-18-6-3-2-5-15(18)11-14-21(22)24-23/h16-17H,2-14H2,1H3. The van der Waals surface area contributed by atoms with Gasteiger partial charge in [-0.2, -0.15) is 0 Å². The number of methoxy groups -OCH3 is 1. The van der Waals surface area contributed by atoms with Crippen LogP contribution in [-0.4, -0.2) is 18.2 Å². The third-order valence-corrected chi connectivity index (χ3v) is 7.31. The minimum atomic E-state index is 0.483. The quantitative estimate of drug-likeness (QED) is 0.709. The number of aromatic nitrogens is 1. The van der Waals surface area contributed by atoms with Gasteiger partial charge in [0, 0.05) is 30.0 Å². The van der Waals surface area contributed by atoms with Gasteiger partial charge in [-0.05, 0) is 100 Å². The van der Waals surface area contributed by atoms with Crippen LogP contribution in [0.3, 0.4) is 0 Å². The number of pyridine rings is 1. The number of hydrogen-bond acceptors (Lipinski definition) is 2. The molecule has 0 unspecified atom stereocenters. The first-order chi connectivity index (χ1) is 12.3. The molecule has 1 heterocycles. The highest BCUT2D eigenvalue weighted by Gasteiger charge is 2.33. The first-order valence-electron chi connectivity index (χ1n) is 10.6. The Morgan fingerprint density at radius 1 is 0.800 bits per heavy atom. The van der Waals surface area contributed by atoms with Crippen LogP contribution in [0.5, 0.6) is 0 Å². The number of fused-ring (bicyclic) bond motifs is 4. The molecule has 0 saturated heterocycles. The molecular weight excluding hydrogens is 306 g/mol. The van der Waals surface area contributed by atoms with E-state index in [0.717, 1.165) is 0 Å². The summed E-state index contributed by atoms with van der Waals surface area (Å²) in [6.07, 6.45) is 17.3. The van der Waals surface area contributed by atoms with Crippen LogP contribution >= 0.6 is 0 Å². The largest absolute Gasteiger partial charge is 0.381 e. The number of nitrogens with zero attached hydrogens (tertiary/aromatic N) is 1. The lowest BCUT2D eigenvalue weighted by Crippen LogP contribution is -2.22. The Kier molecular flexibility index (Phi) is 4.20. The Labute approximate surface area is 152 Å². The Morgan fingerprint density at radius 2 is 1.60 bits per heavy atom. The summed E-state index contributed by atoms with van der Waals surface area (Å²) in [5.74, 6) is 0.685. The molecule has 5 rings (SSSR count). The molecule has 25 heavy (non-hydrogen) atoms. The first kappa shape index (κ1) is 16.1. The van der Waals surface area contributed by atoms with E-state index in [9.17, 15) is 0 Å². The summed E-state index contributed by atoms with van der Waals surface area (Å²) >= 11 is 0. The van der Waals surface area contributed by atoms with E-state index >= 15 is 0 Å². The zero-order chi connectivity index (χ0) is 16.8. The highest BCUT2D eigenvalue weighted by Crippen LogP contribution is 2.46. The second-order valence-electron chi connectivity index (χ2n) is 8.63. The molecule has 0 atom stereocenters. The van der Waals surface area contributed by atoms with Crippen LogP contribution in [0.25, 0.3) is 5.57 Å². The summed E-state index contributed by atoms with van der Waals surface area (Å²) in [6, 6.07) is 0. The van der Waals surface area contributed by atoms with Gasteiger partial charge in [-0.25, -0.2) is 0 Å². The molecule has 4 aliphatic carbocycles. The normalized spacial score (nSPS) is 28.5. The van der Waals surface area contributed by atoms with Gasteiger partial charge >= 0.3 is 0 Å². The van der Waals surface area contributed by atoms with Crippen molar-refractivity contribution in [2.75, 3.05) is 7.11 Å². The Hall–Kier alpha value is -1.15. The number of ether oxygens (including phenoxy) is 1. The summed E-state index contributed by atoms with van der Waals surface area (Å²) in [5, 5.41) is 0. The molecule has 1 saturated carbocycles. The minimum absolute atomic E-state index is 0.483. The molecule has 1 fully saturated rings. The average Bonchev–Trinajstić information content (AvgIpc) is 3.17. The summed E-state index contributed by atoms with van der Waals surface area (Å²) in [6.45, 7) is 0. The van der Waals surface area contributed by atoms with Gasteiger partial charge in [0.15, 0.2) is 0 Å². The van der Waals surface area contributed by atoms with Crippen LogP contribution in [-0.2, 0) is 24.0 Å². The van der Waals surface area contributed by atoms with Crippen molar-refractivity contribution < 1.29 is 4.74 Å². The number of aryl methyl sites for hydroxylation is 1. The highest BCUT2D eigenvalue weighted by atomic mass is 16.5. The first-order valence-corrected chi connectivity index (χ1v) is 10.6. The number of hydrogen-bond donors (Lipinski definition) is 0. The molecule has 1 aromatic rings. The molecule has 1 aromatic heterocycles. The van der Waals surface area contributed by atoms with Gasteiger partial charge in [0.1, 0.15) is 0 Å². The smallest absolute Gasteiger partial charge is 0.0571 e. The molecule has 0 aromatic carbocycles. The van der Waals surface area contributed by atoms with Crippen LogP contribution in [0.4, 0.5) is 0 Å². The van der Waals surface area contributed by atoms with Gasteiger partial charge in [0.05, 0.1) is 6.10 Å². The molecule has 134 valence electrons. The van der Waals surface area contributed by atoms with E-state index in [0.29, 0.717) is 12.0 Å². The van der Waals surface area contributed by atoms with E-state index in [4.69, 9.17) is 9.72 Å². The average molecular weight is 338 g/mol. The van der Waals surface area contributed by atoms with Gasteiger partial charge in [-0.1, -0.05) is 5.57 Å². The Morgan fingerprint density at radius 3 is 2.44 bits per heavy atom. The minimum Gasteiger partial charge on any atom is -0.381 e. The fraction of sp³-hybridized carbons (Fsp3) is 0.696. The maximum Gasteiger partial charge on any atom is 0.0571 e. The molecule has 4 aliphatic rings. The van der Waals surface area contributed by atoms with Crippen molar-refractivity contribution in [3.63, 3.8) is 0 Å². The summed E-state index contributed by atoms with van der Waals surface area (Å²) in [5.41, 5.74) is 11.5. The lowest BCUT2D eigenvalue weighted by atomic mass is 9.76. The summed E-state index contributed by atoms with van der Waals surface area (Å²) in [4.78, 5) is 5.38. The van der Waals surface area contributed by atoms with Gasteiger partial charge in [0.25, 0.3) is 0 Å². The van der Waals surface area contributed by atoms with Crippen molar-refractivity contribution in [2.45, 2.75) is 95.5 Å². The predicted octanol–water partition coefficient (Wildman–Crippen LogP) is 5.52. The number of rotatable bonds is 2. The number of allylic oxidation sites excluding steroid dienone is 2. The SMILES string of the molecule is COC1CCC(c2nc3c(c4c2CCC4)C2=C(CCCC2)CC3)CC1. The van der Waals surface area contributed by atoms with E-state index in [1.165, 1.54) is 94.9 Å². The van der Waals surface area contributed by atoms with Crippen molar-refractivity contribution in [1.82, 2.24) is 4.98 Å². The van der Waals surface area contributed by atoms with Gasteiger partial charge in [0.2, 0.25) is 0 Å². The zero-order valence-corrected chi connectivity index (χ0v) is 15.7. The molecular formula is C23H31NO. The van der Waals surface area contributed by atoms with E-state index in [2.05, 4.69) is 0 Å². The molecule has 0 radical (unpaired) electrons. The third kappa shape index (κ3) is 2.68. The van der Waals surface area contributed by atoms with E-state index in [1.54, 1.807) is 27.8 Å². The van der Waals surface area contributed by atoms with E-state index in [-0.39, 0.29) is 0 Å². The Bertz CT molecular complexity index is 709. The van der Waals surface area contributed by atoms with Crippen molar-refractivity contribution >= 4 is 5.57 Å². The maximum atomic E-state index is 5.59. The van der Waals surface area contributed by atoms with Crippen LogP contribution in [0, 0.1) is 0 Å². The molecule has 0 N–H and O–H groups in total. The highest BCUT2D eigenvalue weighted by molar-refractivity contribution is 5.76. The van der Waals surface area contributed by atoms with Crippen molar-refractivity contribution in [3.05, 3.63) is 33.7 Å². The van der Waals surface area contributed by atoms with E-state index < -0.39 is 0 Å². The second-order valence-corrected chi connectivity index (χ2v) is 8.63. The van der Waals surface area contributed by atoms with Crippen molar-refractivity contribution in [2.24, 2.45) is 0 Å². The lowest BCUT2D eigenvalue weighted by Gasteiger charge is -2.32. The van der Waals surface area contributed by atoms with Crippen molar-refractivity contribution in [3.8, 4) is 0 Å². The lowest BCUT2D eigenvalue weighted by molar-refractivity contribution is 0.0654. The summed E-state index contributed by atoms with van der Waals surface area (Å²) < 4.78 is 5.59. The fourth-order valence-corrected chi connectivity index (χ4v) is 6.01. The molecule has 0 spiro atoms. The summed E-state index contributed by atoms with van der Waals surface area (Å²) in [7, 11) is 1.87. The van der Waals surface area contributed by atoms with Gasteiger partial charge in [-0.3, -0.25) is 4.98 Å². The van der Waals surface area contributed by atoms with Crippen molar-refractivity contribution in [1.29, 1.82) is 0 Å². The van der Waals surface area contributed by atoms with E-state index in [1.807, 2.05) is 7.11 Å². The van der Waals surface area contributed by atoms with Crippen LogP contribution < -0.4 is 0 Å². The van der Waals surface area contributed by atoms with Crippen LogP contribution in [0.2, 0.25) is 0 Å².